The normalized spacial score (nSPS) is 11.2. The summed E-state index contributed by atoms with van der Waals surface area (Å²) in [5, 5.41) is 9.53. The number of aryl methyl sites for hydroxylation is 2. The second-order valence-corrected chi connectivity index (χ2v) is 15.8. The van der Waals surface area contributed by atoms with Crippen molar-refractivity contribution >= 4 is 65.2 Å². The van der Waals surface area contributed by atoms with Gasteiger partial charge in [-0.05, 0) is 46.5 Å². The Morgan fingerprint density at radius 1 is 0.238 bits per heavy atom. The minimum absolute atomic E-state index is 0. The SMILES string of the molecule is Cc1cccc2c3ccccc3c3nc(-c4ccccc4)c(-c4ccccc4)nc3c12.Cc1cccc2c3ccccc3c3nc(-c4ccccc4)c(-c4ccccc4)nc3c12.[Ir+3]. The van der Waals surface area contributed by atoms with Gasteiger partial charge in [0.05, 0.1) is 44.8 Å². The number of rotatable bonds is 4. The van der Waals surface area contributed by atoms with Crippen LogP contribution < -0.4 is 0 Å². The molecule has 0 aliphatic heterocycles. The molecule has 63 heavy (non-hydrogen) atoms. The molecule has 10 aromatic carbocycles. The molecule has 12 aromatic rings. The van der Waals surface area contributed by atoms with E-state index < -0.39 is 0 Å². The third-order valence-electron chi connectivity index (χ3n) is 11.9. The fourth-order valence-electron chi connectivity index (χ4n) is 9.05. The molecule has 0 atom stereocenters. The molecular weight excluding hydrogens is 945 g/mol. The maximum atomic E-state index is 5.30. The molecular formula is C58H40IrN4+3. The van der Waals surface area contributed by atoms with Crippen LogP contribution in [0.25, 0.3) is 110 Å². The average molecular weight is 985 g/mol. The molecule has 0 amide bonds. The molecule has 5 heteroatoms. The van der Waals surface area contributed by atoms with Gasteiger partial charge in [0.15, 0.2) is 0 Å². The number of benzene rings is 10. The van der Waals surface area contributed by atoms with Crippen molar-refractivity contribution in [2.75, 3.05) is 0 Å². The summed E-state index contributed by atoms with van der Waals surface area (Å²) in [7, 11) is 0. The van der Waals surface area contributed by atoms with Crippen molar-refractivity contribution in [3.63, 3.8) is 0 Å². The fraction of sp³-hybridized carbons (Fsp3) is 0.0345. The van der Waals surface area contributed by atoms with E-state index in [1.807, 2.05) is 24.3 Å². The summed E-state index contributed by atoms with van der Waals surface area (Å²) in [5.41, 5.74) is 14.2. The molecule has 0 saturated carbocycles. The first-order valence-corrected chi connectivity index (χ1v) is 21.1. The monoisotopic (exact) mass is 985 g/mol. The third kappa shape index (κ3) is 7.02. The molecule has 0 saturated heterocycles. The summed E-state index contributed by atoms with van der Waals surface area (Å²) in [6.07, 6.45) is 0. The van der Waals surface area contributed by atoms with Gasteiger partial charge < -0.3 is 0 Å². The summed E-state index contributed by atoms with van der Waals surface area (Å²) in [4.78, 5) is 21.2. The van der Waals surface area contributed by atoms with Crippen LogP contribution in [0.4, 0.5) is 0 Å². The van der Waals surface area contributed by atoms with Crippen molar-refractivity contribution < 1.29 is 20.1 Å². The van der Waals surface area contributed by atoms with Gasteiger partial charge in [-0.2, -0.15) is 0 Å². The van der Waals surface area contributed by atoms with Crippen molar-refractivity contribution in [3.05, 3.63) is 217 Å². The van der Waals surface area contributed by atoms with Crippen molar-refractivity contribution in [1.29, 1.82) is 0 Å². The Bertz CT molecular complexity index is 3390. The Kier molecular flexibility index (Phi) is 10.6. The van der Waals surface area contributed by atoms with Gasteiger partial charge in [-0.3, -0.25) is 0 Å². The van der Waals surface area contributed by atoms with E-state index >= 15 is 0 Å². The van der Waals surface area contributed by atoms with E-state index in [4.69, 9.17) is 19.9 Å². The maximum Gasteiger partial charge on any atom is 3.00 e. The Morgan fingerprint density at radius 3 is 0.810 bits per heavy atom. The minimum Gasteiger partial charge on any atom is -0.243 e. The van der Waals surface area contributed by atoms with Crippen LogP contribution in [0, 0.1) is 13.8 Å². The first-order valence-electron chi connectivity index (χ1n) is 21.1. The molecule has 0 N–H and O–H groups in total. The Morgan fingerprint density at radius 2 is 0.492 bits per heavy atom. The standard InChI is InChI=1S/2C29H20N2.Ir/c2*1-19-11-10-18-23-22-16-8-9-17-24(22)28-29(25(19)23)31-27(21-14-6-3-7-15-21)26(30-28)20-12-4-2-5-13-20;/h2*2-18H,1H3;/q;;+3. The number of hydrogen-bond donors (Lipinski definition) is 0. The van der Waals surface area contributed by atoms with Crippen LogP contribution >= 0.6 is 0 Å². The quantitative estimate of drug-likeness (QED) is 0.165. The summed E-state index contributed by atoms with van der Waals surface area (Å²) in [6, 6.07) is 71.4. The van der Waals surface area contributed by atoms with Crippen LogP contribution in [-0.4, -0.2) is 19.9 Å². The first-order chi connectivity index (χ1) is 30.6. The second kappa shape index (κ2) is 16.8. The molecule has 0 bridgehead atoms. The van der Waals surface area contributed by atoms with Gasteiger partial charge in [0.25, 0.3) is 0 Å². The van der Waals surface area contributed by atoms with E-state index in [0.717, 1.165) is 77.9 Å². The van der Waals surface area contributed by atoms with E-state index in [-0.39, 0.29) is 20.1 Å². The Hall–Kier alpha value is -7.43. The van der Waals surface area contributed by atoms with Crippen LogP contribution in [-0.2, 0) is 20.1 Å². The van der Waals surface area contributed by atoms with Crippen molar-refractivity contribution in [3.8, 4) is 45.0 Å². The van der Waals surface area contributed by atoms with Crippen molar-refractivity contribution in [1.82, 2.24) is 19.9 Å². The molecule has 0 fully saturated rings. The minimum atomic E-state index is 0. The smallest absolute Gasteiger partial charge is 0.243 e. The average Bonchev–Trinajstić information content (AvgIpc) is 3.34. The van der Waals surface area contributed by atoms with Crippen LogP contribution in [0.2, 0.25) is 0 Å². The largest absolute Gasteiger partial charge is 3.00 e. The molecule has 4 nitrogen and oxygen atoms in total. The number of nitrogens with zero attached hydrogens (tertiary/aromatic N) is 4. The van der Waals surface area contributed by atoms with Gasteiger partial charge in [-0.1, -0.05) is 206 Å². The number of aromatic nitrogens is 4. The molecule has 12 rings (SSSR count). The maximum absolute atomic E-state index is 5.30. The van der Waals surface area contributed by atoms with E-state index in [2.05, 4.69) is 196 Å². The zero-order chi connectivity index (χ0) is 41.6. The molecule has 0 spiro atoms. The van der Waals surface area contributed by atoms with E-state index in [1.165, 1.54) is 43.4 Å². The summed E-state index contributed by atoms with van der Waals surface area (Å²) >= 11 is 0. The van der Waals surface area contributed by atoms with Crippen molar-refractivity contribution in [2.24, 2.45) is 0 Å². The number of fused-ring (bicyclic) bond motifs is 12. The van der Waals surface area contributed by atoms with Crippen LogP contribution in [0.3, 0.4) is 0 Å². The zero-order valence-corrected chi connectivity index (χ0v) is 37.1. The van der Waals surface area contributed by atoms with Gasteiger partial charge >= 0.3 is 20.1 Å². The fourth-order valence-corrected chi connectivity index (χ4v) is 9.05. The summed E-state index contributed by atoms with van der Waals surface area (Å²) < 4.78 is 0. The van der Waals surface area contributed by atoms with Crippen molar-refractivity contribution in [2.45, 2.75) is 13.8 Å². The van der Waals surface area contributed by atoms with E-state index in [9.17, 15) is 0 Å². The summed E-state index contributed by atoms with van der Waals surface area (Å²) in [5.74, 6) is 0. The Balaban J connectivity index is 0.000000147. The zero-order valence-electron chi connectivity index (χ0n) is 34.8. The first kappa shape index (κ1) is 39.7. The molecule has 298 valence electrons. The summed E-state index contributed by atoms with van der Waals surface area (Å²) in [6.45, 7) is 4.32. The van der Waals surface area contributed by atoms with Gasteiger partial charge in [0, 0.05) is 43.8 Å². The molecule has 2 heterocycles. The second-order valence-electron chi connectivity index (χ2n) is 15.8. The molecule has 0 radical (unpaired) electrons. The predicted octanol–water partition coefficient (Wildman–Crippen LogP) is 15.2. The topological polar surface area (TPSA) is 51.6 Å². The molecule has 0 unspecified atom stereocenters. The molecule has 0 aliphatic rings. The van der Waals surface area contributed by atoms with Crippen LogP contribution in [0.5, 0.6) is 0 Å². The predicted molar refractivity (Wildman–Crippen MR) is 260 cm³/mol. The van der Waals surface area contributed by atoms with Crippen LogP contribution in [0.15, 0.2) is 206 Å². The third-order valence-corrected chi connectivity index (χ3v) is 11.9. The van der Waals surface area contributed by atoms with Gasteiger partial charge in [-0.25, -0.2) is 19.9 Å². The molecule has 2 aromatic heterocycles. The van der Waals surface area contributed by atoms with Gasteiger partial charge in [0.1, 0.15) is 0 Å². The number of hydrogen-bond acceptors (Lipinski definition) is 4. The van der Waals surface area contributed by atoms with Gasteiger partial charge in [-0.15, -0.1) is 0 Å². The Labute approximate surface area is 379 Å². The van der Waals surface area contributed by atoms with E-state index in [0.29, 0.717) is 0 Å². The van der Waals surface area contributed by atoms with Gasteiger partial charge in [0.2, 0.25) is 0 Å². The van der Waals surface area contributed by atoms with E-state index in [1.54, 1.807) is 0 Å². The van der Waals surface area contributed by atoms with Crippen LogP contribution in [0.1, 0.15) is 11.1 Å². The molecule has 0 aliphatic carbocycles.